The van der Waals surface area contributed by atoms with Crippen molar-refractivity contribution >= 4 is 0 Å². The highest BCUT2D eigenvalue weighted by Gasteiger charge is 2.29. The van der Waals surface area contributed by atoms with E-state index in [-0.39, 0.29) is 0 Å². The van der Waals surface area contributed by atoms with Crippen LogP contribution in [0.4, 0.5) is 0 Å². The highest BCUT2D eigenvalue weighted by Crippen LogP contribution is 2.20. The van der Waals surface area contributed by atoms with E-state index >= 15 is 0 Å². The maximum atomic E-state index is 10.3. The Balaban J connectivity index is 2.10. The van der Waals surface area contributed by atoms with E-state index < -0.39 is 5.60 Å². The van der Waals surface area contributed by atoms with Crippen molar-refractivity contribution in [2.45, 2.75) is 25.0 Å². The molecule has 2 rings (SSSR count). The van der Waals surface area contributed by atoms with Crippen LogP contribution in [0.1, 0.15) is 18.7 Å². The first-order valence-corrected chi connectivity index (χ1v) is 5.08. The van der Waals surface area contributed by atoms with Crippen LogP contribution < -0.4 is 5.32 Å². The minimum atomic E-state index is -0.697. The first-order valence-electron chi connectivity index (χ1n) is 5.08. The molecule has 0 radical (unpaired) electrons. The van der Waals surface area contributed by atoms with Gasteiger partial charge < -0.3 is 15.0 Å². The van der Waals surface area contributed by atoms with Gasteiger partial charge in [0.1, 0.15) is 6.07 Å². The number of rotatable bonds is 2. The number of nitrogens with one attached hydrogen (secondary N) is 1. The van der Waals surface area contributed by atoms with Crippen LogP contribution in [0, 0.1) is 11.3 Å². The van der Waals surface area contributed by atoms with Gasteiger partial charge in [-0.2, -0.15) is 5.26 Å². The fraction of sp³-hybridized carbons (Fsp3) is 0.600. The summed E-state index contributed by atoms with van der Waals surface area (Å²) in [7, 11) is 0. The van der Waals surface area contributed by atoms with Crippen molar-refractivity contribution in [3.05, 3.63) is 18.2 Å². The minimum Gasteiger partial charge on any atom is -0.388 e. The number of imidazole rings is 1. The number of aromatic nitrogens is 2. The summed E-state index contributed by atoms with van der Waals surface area (Å²) in [6.07, 6.45) is 4.76. The molecule has 2 N–H and O–H groups in total. The molecule has 0 saturated carbocycles. The Kier molecular flexibility index (Phi) is 2.71. The van der Waals surface area contributed by atoms with Gasteiger partial charge in [0.15, 0.2) is 0 Å². The minimum absolute atomic E-state index is 0.363. The maximum Gasteiger partial charge on any atom is 0.212 e. The summed E-state index contributed by atoms with van der Waals surface area (Å²) in [6, 6.07) is 2.01. The summed E-state index contributed by atoms with van der Waals surface area (Å²) in [5.74, 6) is 0.363. The lowest BCUT2D eigenvalue weighted by molar-refractivity contribution is -0.00556. The van der Waals surface area contributed by atoms with Gasteiger partial charge >= 0.3 is 0 Å². The summed E-state index contributed by atoms with van der Waals surface area (Å²) >= 11 is 0. The van der Waals surface area contributed by atoms with E-state index in [9.17, 15) is 5.11 Å². The van der Waals surface area contributed by atoms with Crippen LogP contribution in [0.15, 0.2) is 12.4 Å². The predicted molar refractivity (Wildman–Crippen MR) is 54.0 cm³/mol. The van der Waals surface area contributed by atoms with Gasteiger partial charge in [0.05, 0.1) is 12.1 Å². The number of nitrogens with zero attached hydrogens (tertiary/aromatic N) is 3. The van der Waals surface area contributed by atoms with Crippen molar-refractivity contribution in [2.24, 2.45) is 0 Å². The molecule has 80 valence electrons. The lowest BCUT2D eigenvalue weighted by Crippen LogP contribution is -2.44. The second kappa shape index (κ2) is 4.01. The van der Waals surface area contributed by atoms with Gasteiger partial charge in [0.2, 0.25) is 5.82 Å². The van der Waals surface area contributed by atoms with Gasteiger partial charge in [-0.3, -0.25) is 0 Å². The smallest absolute Gasteiger partial charge is 0.212 e. The second-order valence-electron chi connectivity index (χ2n) is 3.96. The van der Waals surface area contributed by atoms with Crippen LogP contribution in [0.5, 0.6) is 0 Å². The number of aliphatic hydroxyl groups is 1. The summed E-state index contributed by atoms with van der Waals surface area (Å²) in [6.45, 7) is 2.11. The summed E-state index contributed by atoms with van der Waals surface area (Å²) < 4.78 is 1.71. The largest absolute Gasteiger partial charge is 0.388 e. The fourth-order valence-electron chi connectivity index (χ4n) is 1.92. The van der Waals surface area contributed by atoms with Crippen LogP contribution in [-0.2, 0) is 6.54 Å². The van der Waals surface area contributed by atoms with Crippen molar-refractivity contribution in [2.75, 3.05) is 13.1 Å². The first kappa shape index (κ1) is 10.1. The van der Waals surface area contributed by atoms with Crippen molar-refractivity contribution in [3.8, 4) is 6.07 Å². The maximum absolute atomic E-state index is 10.3. The topological polar surface area (TPSA) is 73.9 Å². The summed E-state index contributed by atoms with van der Waals surface area (Å²) in [4.78, 5) is 3.91. The van der Waals surface area contributed by atoms with E-state index in [1.54, 1.807) is 17.0 Å². The lowest BCUT2D eigenvalue weighted by Gasteiger charge is -2.32. The number of nitriles is 1. The highest BCUT2D eigenvalue weighted by atomic mass is 16.3. The van der Waals surface area contributed by atoms with Crippen molar-refractivity contribution < 1.29 is 5.11 Å². The van der Waals surface area contributed by atoms with Crippen LogP contribution in [-0.4, -0.2) is 33.3 Å². The van der Waals surface area contributed by atoms with Crippen molar-refractivity contribution in [1.82, 2.24) is 14.9 Å². The average Bonchev–Trinajstić information content (AvgIpc) is 2.65. The molecule has 0 aromatic carbocycles. The molecule has 1 aromatic rings. The van der Waals surface area contributed by atoms with Gasteiger partial charge in [-0.1, -0.05) is 0 Å². The normalized spacial score (nSPS) is 19.7. The number of hydrogen-bond donors (Lipinski definition) is 2. The molecule has 0 atom stereocenters. The van der Waals surface area contributed by atoms with Crippen LogP contribution >= 0.6 is 0 Å². The molecule has 2 heterocycles. The molecule has 1 fully saturated rings. The van der Waals surface area contributed by atoms with Crippen molar-refractivity contribution in [1.29, 1.82) is 5.26 Å². The molecule has 1 saturated heterocycles. The number of hydrogen-bond acceptors (Lipinski definition) is 4. The molecule has 15 heavy (non-hydrogen) atoms. The molecule has 0 bridgehead atoms. The van der Waals surface area contributed by atoms with E-state index in [4.69, 9.17) is 5.26 Å². The van der Waals surface area contributed by atoms with E-state index in [2.05, 4.69) is 10.3 Å². The highest BCUT2D eigenvalue weighted by molar-refractivity contribution is 5.11. The van der Waals surface area contributed by atoms with Gasteiger partial charge in [-0.15, -0.1) is 0 Å². The Morgan fingerprint density at radius 1 is 1.60 bits per heavy atom. The Hall–Kier alpha value is -1.38. The molecule has 0 amide bonds. The van der Waals surface area contributed by atoms with E-state index in [1.165, 1.54) is 0 Å². The molecular weight excluding hydrogens is 192 g/mol. The molecule has 1 aliphatic rings. The van der Waals surface area contributed by atoms with Gasteiger partial charge in [0.25, 0.3) is 0 Å². The van der Waals surface area contributed by atoms with Gasteiger partial charge in [-0.05, 0) is 25.9 Å². The Bertz CT molecular complexity index is 373. The third-order valence-corrected chi connectivity index (χ3v) is 2.81. The van der Waals surface area contributed by atoms with E-state index in [1.807, 2.05) is 6.07 Å². The zero-order valence-electron chi connectivity index (χ0n) is 8.48. The van der Waals surface area contributed by atoms with E-state index in [0.717, 1.165) is 25.9 Å². The predicted octanol–water partition coefficient (Wildman–Crippen LogP) is -0.131. The molecular formula is C10H14N4O. The Morgan fingerprint density at radius 2 is 2.33 bits per heavy atom. The quantitative estimate of drug-likeness (QED) is 0.707. The molecule has 0 unspecified atom stereocenters. The van der Waals surface area contributed by atoms with Crippen LogP contribution in [0.3, 0.4) is 0 Å². The van der Waals surface area contributed by atoms with Crippen molar-refractivity contribution in [3.63, 3.8) is 0 Å². The molecule has 0 spiro atoms. The molecule has 5 nitrogen and oxygen atoms in total. The molecule has 1 aromatic heterocycles. The SMILES string of the molecule is N#Cc1nccn1CC1(O)CCNCC1. The van der Waals surface area contributed by atoms with E-state index in [0.29, 0.717) is 12.4 Å². The Labute approximate surface area is 88.4 Å². The zero-order valence-corrected chi connectivity index (χ0v) is 8.48. The zero-order chi connectivity index (χ0) is 10.7. The molecule has 0 aliphatic carbocycles. The van der Waals surface area contributed by atoms with Crippen LogP contribution in [0.2, 0.25) is 0 Å². The molecule has 1 aliphatic heterocycles. The average molecular weight is 206 g/mol. The fourth-order valence-corrected chi connectivity index (χ4v) is 1.92. The monoisotopic (exact) mass is 206 g/mol. The third-order valence-electron chi connectivity index (χ3n) is 2.81. The van der Waals surface area contributed by atoms with Gasteiger partial charge in [0, 0.05) is 12.4 Å². The lowest BCUT2D eigenvalue weighted by atomic mass is 9.92. The Morgan fingerprint density at radius 3 is 3.00 bits per heavy atom. The summed E-state index contributed by atoms with van der Waals surface area (Å²) in [5, 5.41) is 22.3. The van der Waals surface area contributed by atoms with Gasteiger partial charge in [-0.25, -0.2) is 4.98 Å². The third kappa shape index (κ3) is 2.17. The standard InChI is InChI=1S/C10H14N4O/c11-7-9-13-5-6-14(9)8-10(15)1-3-12-4-2-10/h5-6,12,15H,1-4,8H2. The first-order chi connectivity index (χ1) is 7.23. The number of piperidine rings is 1. The second-order valence-corrected chi connectivity index (χ2v) is 3.96. The summed E-state index contributed by atoms with van der Waals surface area (Å²) in [5.41, 5.74) is -0.697. The van der Waals surface area contributed by atoms with Crippen LogP contribution in [0.25, 0.3) is 0 Å². The molecule has 5 heteroatoms.